The van der Waals surface area contributed by atoms with E-state index in [9.17, 15) is 14.7 Å². The normalized spacial score (nSPS) is 23.2. The van der Waals surface area contributed by atoms with Crippen molar-refractivity contribution < 1.29 is 14.7 Å². The Morgan fingerprint density at radius 1 is 1.26 bits per heavy atom. The predicted molar refractivity (Wildman–Crippen MR) is 102 cm³/mol. The van der Waals surface area contributed by atoms with Crippen molar-refractivity contribution in [2.45, 2.75) is 32.6 Å². The summed E-state index contributed by atoms with van der Waals surface area (Å²) < 4.78 is 0. The Hall–Kier alpha value is -2.63. The summed E-state index contributed by atoms with van der Waals surface area (Å²) >= 11 is 0. The molecule has 0 saturated carbocycles. The number of nitrogens with zero attached hydrogens (tertiary/aromatic N) is 3. The van der Waals surface area contributed by atoms with E-state index in [0.29, 0.717) is 37.1 Å². The summed E-state index contributed by atoms with van der Waals surface area (Å²) in [6.07, 6.45) is 4.96. The second-order valence-corrected chi connectivity index (χ2v) is 7.78. The highest BCUT2D eigenvalue weighted by Gasteiger charge is 2.42. The minimum Gasteiger partial charge on any atom is -0.505 e. The number of fused-ring (bicyclic) bond motifs is 1. The Morgan fingerprint density at radius 3 is 2.93 bits per heavy atom. The van der Waals surface area contributed by atoms with Gasteiger partial charge in [-0.25, -0.2) is 0 Å². The topological polar surface area (TPSA) is 73.7 Å². The van der Waals surface area contributed by atoms with Gasteiger partial charge in [-0.1, -0.05) is 12.1 Å². The molecule has 0 radical (unpaired) electrons. The first-order valence-corrected chi connectivity index (χ1v) is 9.67. The van der Waals surface area contributed by atoms with Gasteiger partial charge >= 0.3 is 0 Å². The van der Waals surface area contributed by atoms with Crippen molar-refractivity contribution in [1.29, 1.82) is 0 Å². The average Bonchev–Trinajstić information content (AvgIpc) is 2.70. The molecule has 2 aromatic rings. The van der Waals surface area contributed by atoms with Crippen LogP contribution in [0, 0.1) is 5.41 Å². The third-order valence-electron chi connectivity index (χ3n) is 6.06. The second-order valence-electron chi connectivity index (χ2n) is 7.78. The van der Waals surface area contributed by atoms with Crippen LogP contribution in [0.3, 0.4) is 0 Å². The lowest BCUT2D eigenvalue weighted by atomic mass is 9.73. The molecule has 4 rings (SSSR count). The Balaban J connectivity index is 1.59. The van der Waals surface area contributed by atoms with Gasteiger partial charge in [0.25, 0.3) is 5.91 Å². The van der Waals surface area contributed by atoms with E-state index in [-0.39, 0.29) is 23.0 Å². The molecule has 6 nitrogen and oxygen atoms in total. The molecule has 2 saturated heterocycles. The van der Waals surface area contributed by atoms with E-state index in [1.165, 1.54) is 0 Å². The van der Waals surface area contributed by atoms with Crippen LogP contribution in [0.4, 0.5) is 0 Å². The molecule has 2 aliphatic rings. The maximum atomic E-state index is 13.2. The molecule has 27 heavy (non-hydrogen) atoms. The zero-order valence-corrected chi connectivity index (χ0v) is 15.6. The molecule has 142 valence electrons. The van der Waals surface area contributed by atoms with E-state index in [1.54, 1.807) is 12.3 Å². The van der Waals surface area contributed by atoms with Crippen LogP contribution in [0.25, 0.3) is 10.9 Å². The molecule has 3 heterocycles. The van der Waals surface area contributed by atoms with Crippen molar-refractivity contribution in [2.24, 2.45) is 5.41 Å². The molecule has 1 aromatic carbocycles. The third-order valence-corrected chi connectivity index (χ3v) is 6.06. The summed E-state index contributed by atoms with van der Waals surface area (Å²) in [6.45, 7) is 4.75. The van der Waals surface area contributed by atoms with Gasteiger partial charge in [-0.05, 0) is 38.3 Å². The number of hydrogen-bond donors (Lipinski definition) is 1. The van der Waals surface area contributed by atoms with Crippen molar-refractivity contribution in [3.8, 4) is 5.75 Å². The average molecular weight is 367 g/mol. The molecule has 2 fully saturated rings. The lowest BCUT2D eigenvalue weighted by molar-refractivity contribution is -0.138. The van der Waals surface area contributed by atoms with Crippen LogP contribution in [0.2, 0.25) is 0 Å². The third kappa shape index (κ3) is 3.13. The monoisotopic (exact) mass is 367 g/mol. The number of aromatic hydroxyl groups is 1. The van der Waals surface area contributed by atoms with E-state index in [4.69, 9.17) is 0 Å². The molecule has 6 heteroatoms. The number of amides is 2. The van der Waals surface area contributed by atoms with Crippen molar-refractivity contribution >= 4 is 22.7 Å². The van der Waals surface area contributed by atoms with Crippen LogP contribution in [-0.2, 0) is 4.79 Å². The Labute approximate surface area is 158 Å². The van der Waals surface area contributed by atoms with Crippen LogP contribution in [0.5, 0.6) is 5.75 Å². The lowest BCUT2D eigenvalue weighted by Crippen LogP contribution is -2.55. The number of phenols is 1. The quantitative estimate of drug-likeness (QED) is 0.886. The molecule has 2 amide bonds. The summed E-state index contributed by atoms with van der Waals surface area (Å²) in [6, 6.07) is 7.19. The Bertz CT molecular complexity index is 897. The van der Waals surface area contributed by atoms with Crippen LogP contribution in [0.15, 0.2) is 30.5 Å². The second kappa shape index (κ2) is 6.83. The summed E-state index contributed by atoms with van der Waals surface area (Å²) in [5, 5.41) is 11.4. The fourth-order valence-electron chi connectivity index (χ4n) is 4.58. The van der Waals surface area contributed by atoms with E-state index < -0.39 is 0 Å². The minimum absolute atomic E-state index is 0.0253. The highest BCUT2D eigenvalue weighted by molar-refractivity contribution is 6.02. The van der Waals surface area contributed by atoms with Gasteiger partial charge in [0.2, 0.25) is 5.91 Å². The number of benzene rings is 1. The van der Waals surface area contributed by atoms with E-state index in [2.05, 4.69) is 4.98 Å². The number of carbonyl (C=O) groups excluding carboxylic acids is 2. The van der Waals surface area contributed by atoms with Crippen molar-refractivity contribution in [2.75, 3.05) is 26.2 Å². The van der Waals surface area contributed by atoms with Crippen LogP contribution in [0.1, 0.15) is 43.0 Å². The molecular weight excluding hydrogens is 342 g/mol. The van der Waals surface area contributed by atoms with Crippen molar-refractivity contribution in [3.05, 3.63) is 36.0 Å². The maximum Gasteiger partial charge on any atom is 0.257 e. The van der Waals surface area contributed by atoms with Crippen molar-refractivity contribution in [3.63, 3.8) is 0 Å². The van der Waals surface area contributed by atoms with Crippen LogP contribution < -0.4 is 0 Å². The molecule has 1 N–H and O–H groups in total. The fourth-order valence-corrected chi connectivity index (χ4v) is 4.58. The Kier molecular flexibility index (Phi) is 4.50. The maximum absolute atomic E-state index is 13.2. The number of rotatable bonds is 2. The number of pyridine rings is 1. The molecule has 1 aromatic heterocycles. The molecular formula is C21H25N3O3. The highest BCUT2D eigenvalue weighted by Crippen LogP contribution is 2.39. The summed E-state index contributed by atoms with van der Waals surface area (Å²) in [4.78, 5) is 33.2. The largest absolute Gasteiger partial charge is 0.505 e. The van der Waals surface area contributed by atoms with E-state index in [0.717, 1.165) is 31.2 Å². The Morgan fingerprint density at radius 2 is 2.11 bits per heavy atom. The fraction of sp³-hybridized carbons (Fsp3) is 0.476. The smallest absolute Gasteiger partial charge is 0.257 e. The number of carbonyl (C=O) groups is 2. The molecule has 0 bridgehead atoms. The SMILES string of the molecule is CCN1C[C@@]2(CCCN(C(=O)c3ccc4cccnc4c3O)C2)CCC1=O. The van der Waals surface area contributed by atoms with Gasteiger partial charge in [-0.3, -0.25) is 14.6 Å². The first-order valence-electron chi connectivity index (χ1n) is 9.67. The molecule has 0 unspecified atom stereocenters. The minimum atomic E-state index is -0.154. The van der Waals surface area contributed by atoms with Gasteiger partial charge in [-0.2, -0.15) is 0 Å². The standard InChI is InChI=1S/C21H25N3O3/c1-2-23-13-21(10-8-17(23)25)9-4-12-24(14-21)20(27)16-7-6-15-5-3-11-22-18(15)19(16)26/h3,5-7,11,26H,2,4,8-10,12-14H2,1H3/t21-/m1/s1. The summed E-state index contributed by atoms with van der Waals surface area (Å²) in [7, 11) is 0. The number of aromatic nitrogens is 1. The van der Waals surface area contributed by atoms with E-state index >= 15 is 0 Å². The number of hydrogen-bond acceptors (Lipinski definition) is 4. The zero-order valence-electron chi connectivity index (χ0n) is 15.6. The van der Waals surface area contributed by atoms with Gasteiger partial charge in [0.1, 0.15) is 5.52 Å². The lowest BCUT2D eigenvalue weighted by Gasteiger charge is -2.48. The van der Waals surface area contributed by atoms with E-state index in [1.807, 2.05) is 34.9 Å². The summed E-state index contributed by atoms with van der Waals surface area (Å²) in [5.41, 5.74) is 0.732. The van der Waals surface area contributed by atoms with Crippen LogP contribution >= 0.6 is 0 Å². The van der Waals surface area contributed by atoms with Gasteiger partial charge in [-0.15, -0.1) is 0 Å². The van der Waals surface area contributed by atoms with Gasteiger partial charge in [0, 0.05) is 49.6 Å². The number of piperidine rings is 2. The van der Waals surface area contributed by atoms with Gasteiger partial charge < -0.3 is 14.9 Å². The predicted octanol–water partition coefficient (Wildman–Crippen LogP) is 2.81. The highest BCUT2D eigenvalue weighted by atomic mass is 16.3. The molecule has 1 atom stereocenters. The number of phenolic OH excluding ortho intramolecular Hbond substituents is 1. The van der Waals surface area contributed by atoms with Gasteiger partial charge in [0.15, 0.2) is 5.75 Å². The first-order chi connectivity index (χ1) is 13.0. The number of likely N-dealkylation sites (tertiary alicyclic amines) is 2. The molecule has 2 aliphatic heterocycles. The van der Waals surface area contributed by atoms with Crippen molar-refractivity contribution in [1.82, 2.24) is 14.8 Å². The first kappa shape index (κ1) is 17.8. The zero-order chi connectivity index (χ0) is 19.0. The summed E-state index contributed by atoms with van der Waals surface area (Å²) in [5.74, 6) is 0.00984. The van der Waals surface area contributed by atoms with Gasteiger partial charge in [0.05, 0.1) is 5.56 Å². The molecule has 0 aliphatic carbocycles. The van der Waals surface area contributed by atoms with Crippen LogP contribution in [-0.4, -0.2) is 57.9 Å². The molecule has 1 spiro atoms.